The molecule has 0 unspecified atom stereocenters. The van der Waals surface area contributed by atoms with Gasteiger partial charge in [-0.15, -0.1) is 0 Å². The number of nitrogens with two attached hydrogens (primary N) is 1. The fourth-order valence-corrected chi connectivity index (χ4v) is 0.636. The second kappa shape index (κ2) is 3.14. The smallest absolute Gasteiger partial charge is 0.226 e. The predicted molar refractivity (Wildman–Crippen MR) is 37.6 cm³/mol. The van der Waals surface area contributed by atoms with E-state index in [1.807, 2.05) is 0 Å². The fourth-order valence-electron chi connectivity index (χ4n) is 0.636. The Hall–Kier alpha value is -1.39. The minimum Gasteiger partial charge on any atom is -0.478 e. The predicted octanol–water partition coefficient (Wildman–Crippen LogP) is 0.597. The normalized spacial score (nSPS) is 9.64. The molecule has 0 saturated carbocycles. The van der Waals surface area contributed by atoms with Crippen molar-refractivity contribution in [1.29, 1.82) is 0 Å². The van der Waals surface area contributed by atoms with Crippen molar-refractivity contribution in [3.63, 3.8) is 0 Å². The molecule has 0 atom stereocenters. The quantitative estimate of drug-likeness (QED) is 0.638. The summed E-state index contributed by atoms with van der Waals surface area (Å²) in [6.45, 7) is 2.20. The van der Waals surface area contributed by atoms with Crippen LogP contribution in [-0.2, 0) is 0 Å². The Balaban J connectivity index is 2.89. The lowest BCUT2D eigenvalue weighted by Crippen LogP contribution is -2.01. The van der Waals surface area contributed by atoms with Crippen LogP contribution in [0, 0.1) is 5.95 Å². The molecule has 0 bridgehead atoms. The molecule has 0 aliphatic carbocycles. The number of hydrogen-bond donors (Lipinski definition) is 1. The summed E-state index contributed by atoms with van der Waals surface area (Å²) in [5.41, 5.74) is 5.15. The van der Waals surface area contributed by atoms with Crippen molar-refractivity contribution in [2.24, 2.45) is 0 Å². The highest BCUT2D eigenvalue weighted by Gasteiger charge is 2.00. The van der Waals surface area contributed by atoms with Gasteiger partial charge in [0.2, 0.25) is 17.8 Å². The zero-order chi connectivity index (χ0) is 8.27. The summed E-state index contributed by atoms with van der Waals surface area (Å²) in [6.07, 6.45) is 0. The molecule has 0 aliphatic rings. The number of anilines is 1. The molecule has 1 aromatic rings. The summed E-state index contributed by atoms with van der Waals surface area (Å²) < 4.78 is 17.3. The Kier molecular flexibility index (Phi) is 2.20. The zero-order valence-corrected chi connectivity index (χ0v) is 6.04. The lowest BCUT2D eigenvalue weighted by molar-refractivity contribution is 0.323. The Bertz CT molecular complexity index is 233. The number of nitrogen functional groups attached to an aromatic ring is 1. The maximum atomic E-state index is 12.4. The number of aromatic nitrogens is 2. The van der Waals surface area contributed by atoms with Crippen molar-refractivity contribution in [1.82, 2.24) is 9.97 Å². The van der Waals surface area contributed by atoms with Crippen molar-refractivity contribution < 1.29 is 9.13 Å². The van der Waals surface area contributed by atoms with Gasteiger partial charge in [-0.2, -0.15) is 14.4 Å². The minimum absolute atomic E-state index is 0.117. The van der Waals surface area contributed by atoms with Crippen LogP contribution >= 0.6 is 0 Å². The molecule has 2 N–H and O–H groups in total. The molecule has 0 fully saturated rings. The molecule has 1 aromatic heterocycles. The van der Waals surface area contributed by atoms with Gasteiger partial charge in [-0.3, -0.25) is 0 Å². The third kappa shape index (κ3) is 2.03. The van der Waals surface area contributed by atoms with E-state index in [0.717, 1.165) is 6.07 Å². The average Bonchev–Trinajstić information content (AvgIpc) is 1.85. The Labute approximate surface area is 63.2 Å². The summed E-state index contributed by atoms with van der Waals surface area (Å²) in [6, 6.07) is 1.08. The van der Waals surface area contributed by atoms with Crippen molar-refractivity contribution >= 4 is 5.95 Å². The molecule has 0 aromatic carbocycles. The molecular weight excluding hydrogens is 149 g/mol. The van der Waals surface area contributed by atoms with Gasteiger partial charge in [-0.1, -0.05) is 0 Å². The van der Waals surface area contributed by atoms with E-state index in [9.17, 15) is 4.39 Å². The lowest BCUT2D eigenvalue weighted by atomic mass is 10.6. The number of rotatable bonds is 2. The summed E-state index contributed by atoms with van der Waals surface area (Å²) in [4.78, 5) is 6.86. The first-order valence-electron chi connectivity index (χ1n) is 3.15. The van der Waals surface area contributed by atoms with Crippen molar-refractivity contribution in [3.05, 3.63) is 12.0 Å². The first kappa shape index (κ1) is 7.71. The molecule has 0 radical (unpaired) electrons. The maximum absolute atomic E-state index is 12.4. The number of nitrogens with zero attached hydrogens (tertiary/aromatic N) is 2. The van der Waals surface area contributed by atoms with Gasteiger partial charge < -0.3 is 10.5 Å². The molecule has 0 aliphatic heterocycles. The van der Waals surface area contributed by atoms with Crippen LogP contribution in [0.2, 0.25) is 0 Å². The van der Waals surface area contributed by atoms with Crippen LogP contribution in [-0.4, -0.2) is 16.6 Å². The van der Waals surface area contributed by atoms with E-state index in [1.54, 1.807) is 6.92 Å². The summed E-state index contributed by atoms with van der Waals surface area (Å²) in [5.74, 6) is -0.632. The van der Waals surface area contributed by atoms with E-state index in [2.05, 4.69) is 9.97 Å². The topological polar surface area (TPSA) is 61.0 Å². The lowest BCUT2D eigenvalue weighted by Gasteiger charge is -2.00. The Morgan fingerprint density at radius 1 is 1.64 bits per heavy atom. The second-order valence-corrected chi connectivity index (χ2v) is 1.82. The molecule has 1 rings (SSSR count). The van der Waals surface area contributed by atoms with Crippen molar-refractivity contribution in [3.8, 4) is 5.88 Å². The summed E-state index contributed by atoms with van der Waals surface area (Å²) >= 11 is 0. The Morgan fingerprint density at radius 2 is 2.36 bits per heavy atom. The van der Waals surface area contributed by atoms with Crippen LogP contribution in [0.15, 0.2) is 6.07 Å². The van der Waals surface area contributed by atoms with Crippen molar-refractivity contribution in [2.45, 2.75) is 6.92 Å². The minimum atomic E-state index is -0.680. The van der Waals surface area contributed by atoms with E-state index in [1.165, 1.54) is 0 Å². The molecule has 0 amide bonds. The van der Waals surface area contributed by atoms with Gasteiger partial charge in [-0.05, 0) is 6.92 Å². The highest BCUT2D eigenvalue weighted by atomic mass is 19.1. The number of halogens is 1. The van der Waals surface area contributed by atoms with Gasteiger partial charge >= 0.3 is 0 Å². The van der Waals surface area contributed by atoms with Crippen LogP contribution in [0.5, 0.6) is 5.88 Å². The highest BCUT2D eigenvalue weighted by Crippen LogP contribution is 2.08. The first-order valence-corrected chi connectivity index (χ1v) is 3.15. The van der Waals surface area contributed by atoms with Gasteiger partial charge in [0, 0.05) is 0 Å². The summed E-state index contributed by atoms with van der Waals surface area (Å²) in [7, 11) is 0. The van der Waals surface area contributed by atoms with Crippen molar-refractivity contribution in [2.75, 3.05) is 12.3 Å². The third-order valence-corrected chi connectivity index (χ3v) is 0.981. The first-order chi connectivity index (χ1) is 5.22. The van der Waals surface area contributed by atoms with Gasteiger partial charge in [0.15, 0.2) is 0 Å². The molecule has 1 heterocycles. The van der Waals surface area contributed by atoms with E-state index >= 15 is 0 Å². The molecule has 60 valence electrons. The number of ether oxygens (including phenoxy) is 1. The molecule has 5 heteroatoms. The molecule has 11 heavy (non-hydrogen) atoms. The van der Waals surface area contributed by atoms with Gasteiger partial charge in [0.25, 0.3) is 0 Å². The van der Waals surface area contributed by atoms with E-state index < -0.39 is 5.95 Å². The standard InChI is InChI=1S/C6H8FN3O/c1-2-11-5-3-4(7)9-6(8)10-5/h3H,2H2,1H3,(H2,8,9,10). The van der Waals surface area contributed by atoms with Crippen LogP contribution in [0.4, 0.5) is 10.3 Å². The second-order valence-electron chi connectivity index (χ2n) is 1.82. The molecular formula is C6H8FN3O. The molecule has 0 saturated heterocycles. The average molecular weight is 157 g/mol. The number of hydrogen-bond acceptors (Lipinski definition) is 4. The van der Waals surface area contributed by atoms with Crippen LogP contribution in [0.25, 0.3) is 0 Å². The maximum Gasteiger partial charge on any atom is 0.226 e. The fraction of sp³-hybridized carbons (Fsp3) is 0.333. The van der Waals surface area contributed by atoms with Crippen LogP contribution in [0.3, 0.4) is 0 Å². The SMILES string of the molecule is CCOc1cc(F)nc(N)n1. The van der Waals surface area contributed by atoms with Gasteiger partial charge in [0.1, 0.15) is 0 Å². The monoisotopic (exact) mass is 157 g/mol. The van der Waals surface area contributed by atoms with E-state index in [4.69, 9.17) is 10.5 Å². The van der Waals surface area contributed by atoms with Gasteiger partial charge in [0.05, 0.1) is 12.7 Å². The largest absolute Gasteiger partial charge is 0.478 e. The third-order valence-electron chi connectivity index (χ3n) is 0.981. The molecule has 0 spiro atoms. The summed E-state index contributed by atoms with van der Waals surface area (Å²) in [5, 5.41) is 0. The van der Waals surface area contributed by atoms with Crippen LogP contribution in [0.1, 0.15) is 6.92 Å². The van der Waals surface area contributed by atoms with Gasteiger partial charge in [-0.25, -0.2) is 0 Å². The molecule has 4 nitrogen and oxygen atoms in total. The van der Waals surface area contributed by atoms with E-state index in [0.29, 0.717) is 6.61 Å². The highest BCUT2D eigenvalue weighted by molar-refractivity contribution is 5.21. The Morgan fingerprint density at radius 3 is 2.91 bits per heavy atom. The van der Waals surface area contributed by atoms with E-state index in [-0.39, 0.29) is 11.8 Å². The van der Waals surface area contributed by atoms with Crippen LogP contribution < -0.4 is 10.5 Å². The zero-order valence-electron chi connectivity index (χ0n) is 6.04.